The summed E-state index contributed by atoms with van der Waals surface area (Å²) in [5.41, 5.74) is 5.73. The molecule has 1 heteroatoms. The normalized spacial score (nSPS) is 15.9. The van der Waals surface area contributed by atoms with E-state index in [2.05, 4.69) is 24.8 Å². The lowest BCUT2D eigenvalue weighted by molar-refractivity contribution is 0.101. The summed E-state index contributed by atoms with van der Waals surface area (Å²) in [5, 5.41) is 0. The first-order valence-corrected chi connectivity index (χ1v) is 6.09. The molecule has 0 heterocycles. The highest BCUT2D eigenvalue weighted by molar-refractivity contribution is 5.95. The molecule has 3 rings (SSSR count). The molecule has 0 aliphatic heterocycles. The zero-order chi connectivity index (χ0) is 12.7. The van der Waals surface area contributed by atoms with Gasteiger partial charge in [0.15, 0.2) is 5.78 Å². The monoisotopic (exact) mass is 234 g/mol. The van der Waals surface area contributed by atoms with Gasteiger partial charge in [0.1, 0.15) is 0 Å². The topological polar surface area (TPSA) is 17.1 Å². The Morgan fingerprint density at radius 1 is 1.11 bits per heavy atom. The molecule has 0 N–H and O–H groups in total. The highest BCUT2D eigenvalue weighted by Gasteiger charge is 2.26. The van der Waals surface area contributed by atoms with Gasteiger partial charge in [0, 0.05) is 11.5 Å². The molecule has 1 unspecified atom stereocenters. The predicted molar refractivity (Wildman–Crippen MR) is 73.9 cm³/mol. The number of ketones is 1. The molecule has 2 aromatic rings. The van der Waals surface area contributed by atoms with Gasteiger partial charge in [0.25, 0.3) is 0 Å². The minimum Gasteiger partial charge on any atom is -0.295 e. The van der Waals surface area contributed by atoms with Gasteiger partial charge in [0.05, 0.1) is 0 Å². The van der Waals surface area contributed by atoms with Crippen molar-refractivity contribution in [3.05, 3.63) is 71.8 Å². The van der Waals surface area contributed by atoms with Crippen molar-refractivity contribution in [2.45, 2.75) is 12.8 Å². The summed E-state index contributed by atoms with van der Waals surface area (Å²) in [7, 11) is 0. The Labute approximate surface area is 107 Å². The van der Waals surface area contributed by atoms with Crippen molar-refractivity contribution in [3.8, 4) is 11.1 Å². The van der Waals surface area contributed by atoms with Crippen molar-refractivity contribution in [2.24, 2.45) is 0 Å². The van der Waals surface area contributed by atoms with Crippen molar-refractivity contribution in [2.75, 3.05) is 0 Å². The highest BCUT2D eigenvalue weighted by atomic mass is 16.1. The first-order valence-electron chi connectivity index (χ1n) is 6.09. The van der Waals surface area contributed by atoms with Crippen LogP contribution in [0, 0.1) is 0 Å². The van der Waals surface area contributed by atoms with Gasteiger partial charge in [-0.1, -0.05) is 42.5 Å². The van der Waals surface area contributed by atoms with E-state index in [0.717, 1.165) is 5.56 Å². The molecule has 0 bridgehead atoms. The highest BCUT2D eigenvalue weighted by Crippen LogP contribution is 2.45. The minimum atomic E-state index is 0.108. The maximum absolute atomic E-state index is 11.5. The fourth-order valence-electron chi connectivity index (χ4n) is 2.72. The molecule has 0 radical (unpaired) electrons. The summed E-state index contributed by atoms with van der Waals surface area (Å²) in [5.74, 6) is 0.312. The second-order valence-corrected chi connectivity index (χ2v) is 4.66. The molecule has 2 aromatic carbocycles. The number of hydrogen-bond acceptors (Lipinski definition) is 1. The molecule has 0 saturated carbocycles. The van der Waals surface area contributed by atoms with Crippen LogP contribution < -0.4 is 0 Å². The smallest absolute Gasteiger partial charge is 0.159 e. The van der Waals surface area contributed by atoms with E-state index in [1.54, 1.807) is 6.92 Å². The Morgan fingerprint density at radius 2 is 1.83 bits per heavy atom. The second-order valence-electron chi connectivity index (χ2n) is 4.66. The fraction of sp³-hybridized carbons (Fsp3) is 0.118. The van der Waals surface area contributed by atoms with E-state index in [1.807, 2.05) is 30.3 Å². The number of Topliss-reactive ketones (excluding diaryl/α,β-unsaturated/α-hetero) is 1. The van der Waals surface area contributed by atoms with Gasteiger partial charge in [-0.3, -0.25) is 4.79 Å². The third kappa shape index (κ3) is 1.44. The van der Waals surface area contributed by atoms with Crippen LogP contribution in [0.25, 0.3) is 11.1 Å². The molecular weight excluding hydrogens is 220 g/mol. The molecule has 0 aromatic heterocycles. The van der Waals surface area contributed by atoms with Gasteiger partial charge >= 0.3 is 0 Å². The fourth-order valence-corrected chi connectivity index (χ4v) is 2.72. The quantitative estimate of drug-likeness (QED) is 0.562. The van der Waals surface area contributed by atoms with E-state index in [-0.39, 0.29) is 11.7 Å². The van der Waals surface area contributed by atoms with Crippen LogP contribution in [-0.2, 0) is 0 Å². The molecule has 0 saturated heterocycles. The standard InChI is InChI=1S/C17H14O/c1-3-13-14-6-4-5-7-15(14)16-9-8-12(11(2)18)10-17(13)16/h3-10,13H,1H2,2H3. The van der Waals surface area contributed by atoms with Gasteiger partial charge in [-0.2, -0.15) is 0 Å². The van der Waals surface area contributed by atoms with Crippen LogP contribution in [0.4, 0.5) is 0 Å². The summed E-state index contributed by atoms with van der Waals surface area (Å²) in [4.78, 5) is 11.5. The van der Waals surface area contributed by atoms with E-state index >= 15 is 0 Å². The molecule has 88 valence electrons. The third-order valence-corrected chi connectivity index (χ3v) is 3.61. The van der Waals surface area contributed by atoms with Gasteiger partial charge in [0.2, 0.25) is 0 Å². The summed E-state index contributed by atoms with van der Waals surface area (Å²) < 4.78 is 0. The number of allylic oxidation sites excluding steroid dienone is 1. The first-order chi connectivity index (χ1) is 8.72. The maximum Gasteiger partial charge on any atom is 0.159 e. The molecule has 0 fully saturated rings. The van der Waals surface area contributed by atoms with E-state index in [4.69, 9.17) is 0 Å². The van der Waals surface area contributed by atoms with Crippen molar-refractivity contribution in [1.82, 2.24) is 0 Å². The SMILES string of the molecule is C=CC1c2ccccc2-c2ccc(C(C)=O)cc21. The van der Waals surface area contributed by atoms with Gasteiger partial charge in [-0.05, 0) is 35.2 Å². The zero-order valence-electron chi connectivity index (χ0n) is 10.3. The Kier molecular flexibility index (Phi) is 2.41. The number of fused-ring (bicyclic) bond motifs is 3. The van der Waals surface area contributed by atoms with Crippen LogP contribution in [0.5, 0.6) is 0 Å². The Morgan fingerprint density at radius 3 is 2.56 bits per heavy atom. The molecule has 1 atom stereocenters. The second kappa shape index (κ2) is 3.95. The molecule has 1 aliphatic carbocycles. The van der Waals surface area contributed by atoms with Gasteiger partial charge in [-0.15, -0.1) is 6.58 Å². The van der Waals surface area contributed by atoms with E-state index in [9.17, 15) is 4.79 Å². The van der Waals surface area contributed by atoms with E-state index in [1.165, 1.54) is 22.3 Å². The lowest BCUT2D eigenvalue weighted by Crippen LogP contribution is -1.96. The molecular formula is C17H14O. The molecule has 1 aliphatic rings. The average molecular weight is 234 g/mol. The minimum absolute atomic E-state index is 0.108. The number of rotatable bonds is 2. The summed E-state index contributed by atoms with van der Waals surface area (Å²) in [6, 6.07) is 14.3. The van der Waals surface area contributed by atoms with Crippen LogP contribution in [0.3, 0.4) is 0 Å². The molecule has 1 nitrogen and oxygen atoms in total. The summed E-state index contributed by atoms with van der Waals surface area (Å²) in [6.07, 6.45) is 1.95. The number of benzene rings is 2. The molecule has 0 spiro atoms. The van der Waals surface area contributed by atoms with Crippen molar-refractivity contribution in [1.29, 1.82) is 0 Å². The number of carbonyl (C=O) groups excluding carboxylic acids is 1. The van der Waals surface area contributed by atoms with Crippen LogP contribution >= 0.6 is 0 Å². The largest absolute Gasteiger partial charge is 0.295 e. The Bertz CT molecular complexity index is 652. The van der Waals surface area contributed by atoms with Crippen LogP contribution in [0.2, 0.25) is 0 Å². The number of carbonyl (C=O) groups is 1. The number of hydrogen-bond donors (Lipinski definition) is 0. The third-order valence-electron chi connectivity index (χ3n) is 3.61. The van der Waals surface area contributed by atoms with Crippen molar-refractivity contribution < 1.29 is 4.79 Å². The van der Waals surface area contributed by atoms with Crippen molar-refractivity contribution in [3.63, 3.8) is 0 Å². The van der Waals surface area contributed by atoms with Crippen LogP contribution in [0.15, 0.2) is 55.1 Å². The Hall–Kier alpha value is -2.15. The van der Waals surface area contributed by atoms with Gasteiger partial charge < -0.3 is 0 Å². The van der Waals surface area contributed by atoms with Crippen LogP contribution in [-0.4, -0.2) is 5.78 Å². The van der Waals surface area contributed by atoms with Crippen LogP contribution in [0.1, 0.15) is 34.3 Å². The first kappa shape index (κ1) is 11.0. The lowest BCUT2D eigenvalue weighted by Gasteiger charge is -2.08. The lowest BCUT2D eigenvalue weighted by atomic mass is 9.95. The summed E-state index contributed by atoms with van der Waals surface area (Å²) in [6.45, 7) is 5.53. The summed E-state index contributed by atoms with van der Waals surface area (Å²) >= 11 is 0. The average Bonchev–Trinajstić information content (AvgIpc) is 2.71. The zero-order valence-corrected chi connectivity index (χ0v) is 10.3. The molecule has 0 amide bonds. The molecule has 18 heavy (non-hydrogen) atoms. The van der Waals surface area contributed by atoms with E-state index < -0.39 is 0 Å². The van der Waals surface area contributed by atoms with Gasteiger partial charge in [-0.25, -0.2) is 0 Å². The van der Waals surface area contributed by atoms with E-state index in [0.29, 0.717) is 0 Å². The predicted octanol–water partition coefficient (Wildman–Crippen LogP) is 4.19. The Balaban J connectivity index is 2.27. The van der Waals surface area contributed by atoms with Crippen molar-refractivity contribution >= 4 is 5.78 Å². The maximum atomic E-state index is 11.5.